The summed E-state index contributed by atoms with van der Waals surface area (Å²) in [5, 5.41) is 11.8. The topological polar surface area (TPSA) is 139 Å². The first-order valence-corrected chi connectivity index (χ1v) is 17.6. The van der Waals surface area contributed by atoms with Crippen molar-refractivity contribution in [3.05, 3.63) is 58.1 Å². The lowest BCUT2D eigenvalue weighted by Gasteiger charge is -2.49. The summed E-state index contributed by atoms with van der Waals surface area (Å²) in [5.74, 6) is -0.936. The number of rotatable bonds is 2. The minimum atomic E-state index is -3.98. The van der Waals surface area contributed by atoms with Crippen molar-refractivity contribution in [3.8, 4) is 5.75 Å². The number of nitrogens with two attached hydrogens (primary N) is 1. The Hall–Kier alpha value is -2.82. The first kappa shape index (κ1) is 32.6. The average molecular weight is 646 g/mol. The number of halogens is 1. The molecule has 0 spiro atoms. The van der Waals surface area contributed by atoms with Crippen LogP contribution in [0.1, 0.15) is 86.7 Å². The zero-order valence-corrected chi connectivity index (χ0v) is 27.1. The average Bonchev–Trinajstić information content (AvgIpc) is 2.96. The highest BCUT2D eigenvalue weighted by atomic mass is 35.5. The number of hydrogen-bond acceptors (Lipinski definition) is 7. The molecule has 240 valence electrons. The number of aliphatic hydroxyl groups is 1. The lowest BCUT2D eigenvalue weighted by molar-refractivity contribution is -0.133. The van der Waals surface area contributed by atoms with Gasteiger partial charge in [0.1, 0.15) is 12.4 Å². The Kier molecular flexibility index (Phi) is 9.82. The minimum absolute atomic E-state index is 0.107. The van der Waals surface area contributed by atoms with Gasteiger partial charge >= 0.3 is 0 Å². The van der Waals surface area contributed by atoms with E-state index in [4.69, 9.17) is 22.1 Å². The third-order valence-electron chi connectivity index (χ3n) is 10.1. The molecule has 2 aliphatic heterocycles. The van der Waals surface area contributed by atoms with E-state index in [1.807, 2.05) is 25.1 Å². The van der Waals surface area contributed by atoms with Crippen molar-refractivity contribution in [1.29, 1.82) is 0 Å². The van der Waals surface area contributed by atoms with Crippen LogP contribution in [0.25, 0.3) is 0 Å². The predicted octanol–water partition coefficient (Wildman–Crippen LogP) is 4.96. The maximum absolute atomic E-state index is 13.4. The Bertz CT molecular complexity index is 1500. The van der Waals surface area contributed by atoms with Gasteiger partial charge in [-0.2, -0.15) is 0 Å². The summed E-state index contributed by atoms with van der Waals surface area (Å²) in [5.41, 5.74) is 7.47. The normalized spacial score (nSPS) is 29.5. The number of nitrogens with zero attached hydrogens (tertiary/aromatic N) is 1. The molecule has 4 N–H and O–H groups in total. The van der Waals surface area contributed by atoms with Crippen LogP contribution in [0.15, 0.2) is 36.4 Å². The predicted molar refractivity (Wildman–Crippen MR) is 171 cm³/mol. The number of ether oxygens (including phenoxy) is 1. The molecule has 1 aliphatic carbocycles. The van der Waals surface area contributed by atoms with Crippen molar-refractivity contribution in [2.24, 2.45) is 23.5 Å². The standard InChI is InChI=1S/C33H44ClN3O6S/c1-21-6-5-14-33(40,18-31(35)38)28-12-9-25(28)19-37-15-4-3-7-23-16-27(34)11-8-26(23)20-43-30-13-10-24(17-29(30)37)32(39)36-44(41,42)22(21)2/h8,10-11,13,16-17,21-22,25,28,40H,3-7,9,12,14-15,18-20H2,1-2H3,(H2,35,38)(H,36,39)/t21-,22+,25-,28+,33-/m0/s1. The van der Waals surface area contributed by atoms with Crippen molar-refractivity contribution in [1.82, 2.24) is 4.72 Å². The molecule has 44 heavy (non-hydrogen) atoms. The molecule has 3 aliphatic rings. The fraction of sp³-hybridized carbons (Fsp3) is 0.576. The zero-order chi connectivity index (χ0) is 31.6. The molecule has 2 aromatic carbocycles. The molecule has 2 heterocycles. The molecule has 9 nitrogen and oxygen atoms in total. The number of nitrogens with one attached hydrogen (secondary N) is 1. The summed E-state index contributed by atoms with van der Waals surface area (Å²) in [6.07, 6.45) is 5.57. The van der Waals surface area contributed by atoms with E-state index in [1.54, 1.807) is 25.1 Å². The molecular weight excluding hydrogens is 602 g/mol. The monoisotopic (exact) mass is 645 g/mol. The van der Waals surface area contributed by atoms with Crippen LogP contribution >= 0.6 is 11.6 Å². The summed E-state index contributed by atoms with van der Waals surface area (Å²) < 4.78 is 35.2. The minimum Gasteiger partial charge on any atom is -0.487 e. The number of hydrogen-bond donors (Lipinski definition) is 3. The van der Waals surface area contributed by atoms with Gasteiger partial charge in [0.15, 0.2) is 0 Å². The van der Waals surface area contributed by atoms with Crippen LogP contribution in [0.5, 0.6) is 5.75 Å². The second-order valence-electron chi connectivity index (χ2n) is 13.0. The van der Waals surface area contributed by atoms with Crippen LogP contribution in [0.2, 0.25) is 5.02 Å². The van der Waals surface area contributed by atoms with Crippen LogP contribution in [-0.4, -0.2) is 49.3 Å². The number of sulfonamides is 1. The van der Waals surface area contributed by atoms with E-state index in [0.29, 0.717) is 55.4 Å². The summed E-state index contributed by atoms with van der Waals surface area (Å²) in [4.78, 5) is 27.7. The highest BCUT2D eigenvalue weighted by Crippen LogP contribution is 2.47. The van der Waals surface area contributed by atoms with Crippen molar-refractivity contribution >= 4 is 39.1 Å². The number of primary amides is 1. The number of carbonyl (C=O) groups excluding carboxylic acids is 2. The summed E-state index contributed by atoms with van der Waals surface area (Å²) in [7, 11) is -3.98. The van der Waals surface area contributed by atoms with Gasteiger partial charge in [-0.25, -0.2) is 13.1 Å². The van der Waals surface area contributed by atoms with Crippen molar-refractivity contribution in [3.63, 3.8) is 0 Å². The van der Waals surface area contributed by atoms with E-state index >= 15 is 0 Å². The van der Waals surface area contributed by atoms with Crippen LogP contribution in [-0.2, 0) is 27.8 Å². The summed E-state index contributed by atoms with van der Waals surface area (Å²) in [6.45, 7) is 5.00. The number of fused-ring (bicyclic) bond motifs is 3. The molecule has 1 fully saturated rings. The largest absolute Gasteiger partial charge is 0.487 e. The molecule has 5 rings (SSSR count). The number of amides is 2. The molecular formula is C33H44ClN3O6S. The molecule has 5 atom stereocenters. The Morgan fingerprint density at radius 1 is 1.11 bits per heavy atom. The Morgan fingerprint density at radius 2 is 1.91 bits per heavy atom. The molecule has 0 saturated heterocycles. The fourth-order valence-electron chi connectivity index (χ4n) is 7.12. The highest BCUT2D eigenvalue weighted by Gasteiger charge is 2.47. The van der Waals surface area contributed by atoms with Crippen LogP contribution in [0, 0.1) is 17.8 Å². The number of aryl methyl sites for hydroxylation is 1. The molecule has 0 unspecified atom stereocenters. The van der Waals surface area contributed by atoms with Gasteiger partial charge in [0, 0.05) is 23.7 Å². The summed E-state index contributed by atoms with van der Waals surface area (Å²) in [6, 6.07) is 10.9. The van der Waals surface area contributed by atoms with Gasteiger partial charge in [0.05, 0.1) is 23.0 Å². The van der Waals surface area contributed by atoms with Crippen LogP contribution < -0.4 is 20.1 Å². The van der Waals surface area contributed by atoms with E-state index < -0.39 is 32.7 Å². The second-order valence-corrected chi connectivity index (χ2v) is 15.5. The number of benzene rings is 2. The molecule has 2 amide bonds. The van der Waals surface area contributed by atoms with E-state index in [1.165, 1.54) is 0 Å². The quantitative estimate of drug-likeness (QED) is 0.419. The van der Waals surface area contributed by atoms with Crippen molar-refractivity contribution < 1.29 is 27.9 Å². The van der Waals surface area contributed by atoms with Gasteiger partial charge in [-0.15, -0.1) is 0 Å². The van der Waals surface area contributed by atoms with Crippen molar-refractivity contribution in [2.75, 3.05) is 18.0 Å². The Morgan fingerprint density at radius 3 is 2.64 bits per heavy atom. The van der Waals surface area contributed by atoms with Gasteiger partial charge in [-0.1, -0.05) is 31.0 Å². The zero-order valence-electron chi connectivity index (χ0n) is 25.6. The third-order valence-corrected chi connectivity index (χ3v) is 12.2. The number of carbonyl (C=O) groups is 2. The van der Waals surface area contributed by atoms with E-state index in [0.717, 1.165) is 43.2 Å². The van der Waals surface area contributed by atoms with E-state index in [2.05, 4.69) is 9.62 Å². The molecule has 11 heteroatoms. The lowest BCUT2D eigenvalue weighted by atomic mass is 9.62. The Labute approximate surface area is 265 Å². The van der Waals surface area contributed by atoms with Crippen LogP contribution in [0.3, 0.4) is 0 Å². The van der Waals surface area contributed by atoms with E-state index in [9.17, 15) is 23.1 Å². The smallest absolute Gasteiger partial charge is 0.264 e. The van der Waals surface area contributed by atoms with Gasteiger partial charge in [0.25, 0.3) is 5.91 Å². The first-order valence-electron chi connectivity index (χ1n) is 15.7. The number of anilines is 1. The van der Waals surface area contributed by atoms with Crippen LogP contribution in [0.4, 0.5) is 5.69 Å². The maximum Gasteiger partial charge on any atom is 0.264 e. The van der Waals surface area contributed by atoms with E-state index in [-0.39, 0.29) is 29.7 Å². The molecule has 0 aromatic heterocycles. The molecule has 0 radical (unpaired) electrons. The maximum atomic E-state index is 13.4. The highest BCUT2D eigenvalue weighted by molar-refractivity contribution is 7.90. The molecule has 1 saturated carbocycles. The van der Waals surface area contributed by atoms with Gasteiger partial charge in [0.2, 0.25) is 15.9 Å². The summed E-state index contributed by atoms with van der Waals surface area (Å²) >= 11 is 6.31. The third kappa shape index (κ3) is 7.18. The Balaban J connectivity index is 1.56. The first-order chi connectivity index (χ1) is 20.9. The van der Waals surface area contributed by atoms with Crippen molar-refractivity contribution in [2.45, 2.75) is 89.1 Å². The SMILES string of the molecule is C[C@@H]1[C@@H](C)CCC[C@](O)(CC(N)=O)[C@@H]2CC[C@H]2CN2CCCCc3cc(Cl)ccc3COc3ccc(cc32)C(=O)NS1(=O)=O. The fourth-order valence-corrected chi connectivity index (χ4v) is 8.62. The lowest BCUT2D eigenvalue weighted by Crippen LogP contribution is -2.52. The van der Waals surface area contributed by atoms with Gasteiger partial charge in [-0.3, -0.25) is 9.59 Å². The van der Waals surface area contributed by atoms with Gasteiger partial charge in [-0.05, 0) is 111 Å². The van der Waals surface area contributed by atoms with Gasteiger partial charge < -0.3 is 20.5 Å². The molecule has 2 bridgehead atoms. The molecule has 2 aromatic rings. The second kappa shape index (κ2) is 13.3.